The molecular weight excluding hydrogens is 444 g/mol. The Morgan fingerprint density at radius 3 is 2.67 bits per heavy atom. The molecule has 156 valence electrons. The number of rotatable bonds is 9. The van der Waals surface area contributed by atoms with Gasteiger partial charge in [0.05, 0.1) is 4.90 Å². The van der Waals surface area contributed by atoms with Crippen LogP contribution in [0.3, 0.4) is 0 Å². The number of pyridine rings is 1. The van der Waals surface area contributed by atoms with E-state index in [0.717, 1.165) is 27.0 Å². The SMILES string of the molecule is O=C(O)/C=C/c1sc(Cc2cccnc2)cc1CCNS(=O)(=O)c1ccc(Cl)cc1. The highest BCUT2D eigenvalue weighted by Gasteiger charge is 2.14. The summed E-state index contributed by atoms with van der Waals surface area (Å²) in [4.78, 5) is 17.0. The molecule has 0 saturated heterocycles. The highest BCUT2D eigenvalue weighted by molar-refractivity contribution is 7.89. The first-order chi connectivity index (χ1) is 14.3. The molecule has 3 aromatic rings. The number of nitrogens with zero attached hydrogens (tertiary/aromatic N) is 1. The summed E-state index contributed by atoms with van der Waals surface area (Å²) >= 11 is 7.29. The highest BCUT2D eigenvalue weighted by atomic mass is 35.5. The zero-order valence-corrected chi connectivity index (χ0v) is 18.2. The number of aromatic nitrogens is 1. The van der Waals surface area contributed by atoms with Crippen molar-refractivity contribution >= 4 is 45.0 Å². The Hall–Kier alpha value is -2.52. The van der Waals surface area contributed by atoms with Gasteiger partial charge in [-0.1, -0.05) is 17.7 Å². The van der Waals surface area contributed by atoms with Gasteiger partial charge in [0.25, 0.3) is 0 Å². The van der Waals surface area contributed by atoms with E-state index >= 15 is 0 Å². The minimum atomic E-state index is -3.65. The summed E-state index contributed by atoms with van der Waals surface area (Å²) < 4.78 is 27.4. The van der Waals surface area contributed by atoms with Gasteiger partial charge in [-0.2, -0.15) is 0 Å². The Labute approximate surface area is 183 Å². The Kier molecular flexibility index (Phi) is 7.38. The maximum atomic E-state index is 12.4. The number of benzene rings is 1. The molecule has 2 aromatic heterocycles. The molecule has 1 aromatic carbocycles. The maximum absolute atomic E-state index is 12.4. The normalized spacial score (nSPS) is 11.8. The molecular formula is C21H19ClN2O4S2. The first-order valence-corrected chi connectivity index (χ1v) is 11.7. The molecule has 0 unspecified atom stereocenters. The lowest BCUT2D eigenvalue weighted by molar-refractivity contribution is -0.131. The van der Waals surface area contributed by atoms with Crippen LogP contribution >= 0.6 is 22.9 Å². The number of thiophene rings is 1. The summed E-state index contributed by atoms with van der Waals surface area (Å²) in [5.74, 6) is -1.04. The third-order valence-electron chi connectivity index (χ3n) is 4.18. The van der Waals surface area contributed by atoms with Crippen molar-refractivity contribution in [2.75, 3.05) is 6.54 Å². The van der Waals surface area contributed by atoms with Gasteiger partial charge in [0.1, 0.15) is 0 Å². The number of carboxylic acids is 1. The average Bonchev–Trinajstić information content (AvgIpc) is 3.08. The fraction of sp³-hybridized carbons (Fsp3) is 0.143. The average molecular weight is 463 g/mol. The van der Waals surface area contributed by atoms with Crippen LogP contribution in [0.2, 0.25) is 5.02 Å². The molecule has 0 fully saturated rings. The van der Waals surface area contributed by atoms with Gasteiger partial charge in [0.15, 0.2) is 0 Å². The number of sulfonamides is 1. The predicted molar refractivity (Wildman–Crippen MR) is 118 cm³/mol. The highest BCUT2D eigenvalue weighted by Crippen LogP contribution is 2.27. The smallest absolute Gasteiger partial charge is 0.328 e. The summed E-state index contributed by atoms with van der Waals surface area (Å²) in [7, 11) is -3.65. The second-order valence-corrected chi connectivity index (χ2v) is 9.79. The number of hydrogen-bond acceptors (Lipinski definition) is 5. The molecule has 0 amide bonds. The number of carbonyl (C=O) groups is 1. The topological polar surface area (TPSA) is 96.4 Å². The van der Waals surface area contributed by atoms with E-state index in [1.165, 1.54) is 35.6 Å². The van der Waals surface area contributed by atoms with Crippen molar-refractivity contribution in [1.29, 1.82) is 0 Å². The molecule has 0 spiro atoms. The lowest BCUT2D eigenvalue weighted by atomic mass is 10.1. The number of nitrogens with one attached hydrogen (secondary N) is 1. The van der Waals surface area contributed by atoms with Crippen molar-refractivity contribution in [2.24, 2.45) is 0 Å². The van der Waals surface area contributed by atoms with E-state index in [9.17, 15) is 13.2 Å². The zero-order chi connectivity index (χ0) is 21.6. The van der Waals surface area contributed by atoms with E-state index in [1.807, 2.05) is 18.2 Å². The molecule has 0 radical (unpaired) electrons. The fourth-order valence-electron chi connectivity index (χ4n) is 2.79. The fourth-order valence-corrected chi connectivity index (χ4v) is 5.10. The van der Waals surface area contributed by atoms with E-state index in [1.54, 1.807) is 18.5 Å². The Balaban J connectivity index is 1.73. The quantitative estimate of drug-likeness (QED) is 0.468. The minimum absolute atomic E-state index is 0.139. The van der Waals surface area contributed by atoms with Crippen LogP contribution < -0.4 is 4.72 Å². The number of hydrogen-bond donors (Lipinski definition) is 2. The number of halogens is 1. The lowest BCUT2D eigenvalue weighted by Crippen LogP contribution is -2.26. The van der Waals surface area contributed by atoms with Crippen LogP contribution in [-0.2, 0) is 27.7 Å². The minimum Gasteiger partial charge on any atom is -0.478 e. The van der Waals surface area contributed by atoms with Crippen LogP contribution in [-0.4, -0.2) is 31.0 Å². The van der Waals surface area contributed by atoms with Gasteiger partial charge in [-0.3, -0.25) is 4.98 Å². The molecule has 0 aliphatic carbocycles. The Morgan fingerprint density at radius 1 is 1.23 bits per heavy atom. The van der Waals surface area contributed by atoms with Gasteiger partial charge in [-0.05, 0) is 60.0 Å². The molecule has 0 aliphatic rings. The summed E-state index contributed by atoms with van der Waals surface area (Å²) in [6.07, 6.45) is 7.21. The first kappa shape index (κ1) is 22.2. The van der Waals surface area contributed by atoms with Gasteiger partial charge in [-0.25, -0.2) is 17.9 Å². The van der Waals surface area contributed by atoms with Crippen molar-refractivity contribution in [3.05, 3.63) is 86.8 Å². The summed E-state index contributed by atoms with van der Waals surface area (Å²) in [6, 6.07) is 11.8. The zero-order valence-electron chi connectivity index (χ0n) is 15.8. The van der Waals surface area contributed by atoms with Gasteiger partial charge in [0, 0.05) is 46.2 Å². The summed E-state index contributed by atoms with van der Waals surface area (Å²) in [5.41, 5.74) is 1.93. The van der Waals surface area contributed by atoms with Crippen LogP contribution in [0, 0.1) is 0 Å². The second-order valence-electron chi connectivity index (χ2n) is 6.41. The van der Waals surface area contributed by atoms with E-state index in [2.05, 4.69) is 9.71 Å². The van der Waals surface area contributed by atoms with Crippen molar-refractivity contribution < 1.29 is 18.3 Å². The van der Waals surface area contributed by atoms with E-state index in [4.69, 9.17) is 16.7 Å². The van der Waals surface area contributed by atoms with E-state index in [0.29, 0.717) is 17.9 Å². The largest absolute Gasteiger partial charge is 0.478 e. The van der Waals surface area contributed by atoms with Crippen LogP contribution in [0.1, 0.15) is 20.9 Å². The van der Waals surface area contributed by atoms with Crippen LogP contribution in [0.5, 0.6) is 0 Å². The summed E-state index contributed by atoms with van der Waals surface area (Å²) in [6.45, 7) is 0.182. The van der Waals surface area contributed by atoms with Crippen molar-refractivity contribution in [3.63, 3.8) is 0 Å². The molecule has 0 bridgehead atoms. The Bertz CT molecular complexity index is 1140. The maximum Gasteiger partial charge on any atom is 0.328 e. The van der Waals surface area contributed by atoms with Crippen LogP contribution in [0.15, 0.2) is 65.8 Å². The standard InChI is InChI=1S/C21H19ClN2O4S2/c22-17-3-5-19(6-4-17)30(27,28)24-11-9-16-13-18(12-15-2-1-10-23-14-15)29-20(16)7-8-21(25)26/h1-8,10,13-14,24H,9,11-12H2,(H,25,26)/b8-7+. The van der Waals surface area contributed by atoms with E-state index in [-0.39, 0.29) is 11.4 Å². The monoisotopic (exact) mass is 462 g/mol. The molecule has 9 heteroatoms. The van der Waals surface area contributed by atoms with Crippen molar-refractivity contribution in [2.45, 2.75) is 17.7 Å². The molecule has 2 heterocycles. The van der Waals surface area contributed by atoms with Crippen LogP contribution in [0.4, 0.5) is 0 Å². The van der Waals surface area contributed by atoms with E-state index < -0.39 is 16.0 Å². The third kappa shape index (κ3) is 6.24. The number of carboxylic acid groups (broad SMARTS) is 1. The van der Waals surface area contributed by atoms with Crippen molar-refractivity contribution in [3.8, 4) is 0 Å². The van der Waals surface area contributed by atoms with Crippen LogP contribution in [0.25, 0.3) is 6.08 Å². The molecule has 6 nitrogen and oxygen atoms in total. The first-order valence-electron chi connectivity index (χ1n) is 9.00. The second kappa shape index (κ2) is 9.99. The van der Waals surface area contributed by atoms with Gasteiger partial charge >= 0.3 is 5.97 Å². The number of aliphatic carboxylic acids is 1. The third-order valence-corrected chi connectivity index (χ3v) is 7.05. The van der Waals surface area contributed by atoms with Crippen molar-refractivity contribution in [1.82, 2.24) is 9.71 Å². The van der Waals surface area contributed by atoms with Gasteiger partial charge < -0.3 is 5.11 Å². The molecule has 3 rings (SSSR count). The van der Waals surface area contributed by atoms with Gasteiger partial charge in [-0.15, -0.1) is 11.3 Å². The Morgan fingerprint density at radius 2 is 2.00 bits per heavy atom. The molecule has 30 heavy (non-hydrogen) atoms. The van der Waals surface area contributed by atoms with Gasteiger partial charge in [0.2, 0.25) is 10.0 Å². The molecule has 2 N–H and O–H groups in total. The predicted octanol–water partition coefficient (Wildman–Crippen LogP) is 4.01. The molecule has 0 saturated carbocycles. The lowest BCUT2D eigenvalue weighted by Gasteiger charge is -2.07. The summed E-state index contributed by atoms with van der Waals surface area (Å²) in [5, 5.41) is 9.41. The molecule has 0 aliphatic heterocycles. The molecule has 0 atom stereocenters.